The summed E-state index contributed by atoms with van der Waals surface area (Å²) in [6, 6.07) is 0. The Bertz CT molecular complexity index is 432. The summed E-state index contributed by atoms with van der Waals surface area (Å²) in [5.41, 5.74) is 0.400. The summed E-state index contributed by atoms with van der Waals surface area (Å²) in [6.45, 7) is 7.40. The van der Waals surface area contributed by atoms with E-state index >= 15 is 0 Å². The van der Waals surface area contributed by atoms with Crippen LogP contribution in [0.25, 0.3) is 0 Å². The van der Waals surface area contributed by atoms with Crippen molar-refractivity contribution in [1.29, 1.82) is 0 Å². The Kier molecular flexibility index (Phi) is 3.11. The molecule has 0 heterocycles. The fourth-order valence-electron chi connectivity index (χ4n) is 7.53. The molecule has 4 aliphatic carbocycles. The van der Waals surface area contributed by atoms with Crippen LogP contribution in [0.1, 0.15) is 85.0 Å². The first-order valence-electron chi connectivity index (χ1n) is 9.64. The van der Waals surface area contributed by atoms with E-state index in [9.17, 15) is 5.11 Å². The van der Waals surface area contributed by atoms with Crippen molar-refractivity contribution in [2.24, 2.45) is 34.5 Å². The van der Waals surface area contributed by atoms with Gasteiger partial charge < -0.3 is 5.11 Å². The minimum atomic E-state index is -0.346. The third-order valence-corrected chi connectivity index (χ3v) is 9.23. The zero-order chi connectivity index (χ0) is 14.9. The van der Waals surface area contributed by atoms with Crippen LogP contribution < -0.4 is 0 Å². The van der Waals surface area contributed by atoms with Crippen LogP contribution in [0.3, 0.4) is 0 Å². The summed E-state index contributed by atoms with van der Waals surface area (Å²) < 4.78 is 0. The van der Waals surface area contributed by atoms with Crippen LogP contribution in [0.4, 0.5) is 0 Å². The van der Waals surface area contributed by atoms with Gasteiger partial charge in [0.15, 0.2) is 0 Å². The van der Waals surface area contributed by atoms with Gasteiger partial charge in [0.25, 0.3) is 0 Å². The van der Waals surface area contributed by atoms with E-state index in [2.05, 4.69) is 20.8 Å². The first-order valence-corrected chi connectivity index (χ1v) is 9.64. The Labute approximate surface area is 130 Å². The molecule has 7 atom stereocenters. The Balaban J connectivity index is 1.70. The lowest BCUT2D eigenvalue weighted by molar-refractivity contribution is -0.204. The smallest absolute Gasteiger partial charge is 0.0734 e. The quantitative estimate of drug-likeness (QED) is 0.652. The van der Waals surface area contributed by atoms with Crippen molar-refractivity contribution in [2.45, 2.75) is 90.6 Å². The third-order valence-electron chi connectivity index (χ3n) is 9.23. The molecule has 0 spiro atoms. The lowest BCUT2D eigenvalue weighted by Crippen LogP contribution is -2.61. The number of fused-ring (bicyclic) bond motifs is 5. The Morgan fingerprint density at radius 2 is 1.62 bits per heavy atom. The van der Waals surface area contributed by atoms with Crippen molar-refractivity contribution in [3.63, 3.8) is 0 Å². The average molecular weight is 290 g/mol. The molecule has 4 aliphatic rings. The van der Waals surface area contributed by atoms with Crippen LogP contribution in [0, 0.1) is 34.5 Å². The second-order valence-electron chi connectivity index (χ2n) is 9.56. The molecule has 21 heavy (non-hydrogen) atoms. The highest BCUT2D eigenvalue weighted by atomic mass is 16.3. The van der Waals surface area contributed by atoms with Gasteiger partial charge in [-0.2, -0.15) is 0 Å². The molecule has 1 N–H and O–H groups in total. The highest BCUT2D eigenvalue weighted by molar-refractivity contribution is 5.15. The van der Waals surface area contributed by atoms with E-state index in [1.807, 2.05) is 0 Å². The summed E-state index contributed by atoms with van der Waals surface area (Å²) >= 11 is 0. The fourth-order valence-corrected chi connectivity index (χ4v) is 7.53. The van der Waals surface area contributed by atoms with Crippen LogP contribution in [0.2, 0.25) is 0 Å². The van der Waals surface area contributed by atoms with Crippen molar-refractivity contribution in [2.75, 3.05) is 0 Å². The normalized spacial score (nSPS) is 60.0. The molecule has 0 saturated heterocycles. The number of hydrogen-bond acceptors (Lipinski definition) is 1. The summed E-state index contributed by atoms with van der Waals surface area (Å²) in [7, 11) is 0. The van der Waals surface area contributed by atoms with Crippen molar-refractivity contribution in [3.8, 4) is 0 Å². The summed E-state index contributed by atoms with van der Waals surface area (Å²) in [6.07, 6.45) is 13.5. The monoisotopic (exact) mass is 290 g/mol. The third kappa shape index (κ3) is 1.68. The standard InChI is InChI=1S/C20H34O/c1-14-9-13-20(21)17-8-7-15-6-4-5-11-18(15,2)16(17)10-12-19(14,20)3/h14-17,21H,4-13H2,1-3H3/t14-,15-,16-,17+,18-,19+,20-/m0/s1. The minimum absolute atomic E-state index is 0.200. The molecule has 1 heteroatoms. The largest absolute Gasteiger partial charge is 0.389 e. The molecule has 1 nitrogen and oxygen atoms in total. The molecule has 0 aromatic heterocycles. The highest BCUT2D eigenvalue weighted by Gasteiger charge is 2.65. The number of aliphatic hydroxyl groups is 1. The van der Waals surface area contributed by atoms with Gasteiger partial charge in [-0.1, -0.05) is 33.6 Å². The van der Waals surface area contributed by atoms with E-state index in [0.29, 0.717) is 17.3 Å². The molecule has 4 rings (SSSR count). The van der Waals surface area contributed by atoms with Crippen LogP contribution in [-0.4, -0.2) is 10.7 Å². The predicted octanol–water partition coefficient (Wildman–Crippen LogP) is 5.17. The summed E-state index contributed by atoms with van der Waals surface area (Å²) in [5, 5.41) is 11.7. The van der Waals surface area contributed by atoms with Gasteiger partial charge in [0.05, 0.1) is 5.60 Å². The van der Waals surface area contributed by atoms with Crippen molar-refractivity contribution < 1.29 is 5.11 Å². The van der Waals surface area contributed by atoms with E-state index in [4.69, 9.17) is 0 Å². The van der Waals surface area contributed by atoms with Crippen molar-refractivity contribution >= 4 is 0 Å². The maximum atomic E-state index is 11.7. The number of rotatable bonds is 0. The van der Waals surface area contributed by atoms with E-state index in [-0.39, 0.29) is 11.0 Å². The Morgan fingerprint density at radius 3 is 2.43 bits per heavy atom. The molecule has 0 aromatic rings. The topological polar surface area (TPSA) is 20.2 Å². The average Bonchev–Trinajstić information content (AvgIpc) is 2.71. The van der Waals surface area contributed by atoms with Crippen LogP contribution >= 0.6 is 0 Å². The van der Waals surface area contributed by atoms with Gasteiger partial charge in [-0.3, -0.25) is 0 Å². The SMILES string of the molecule is C[C@H]1CC[C@]2(O)[C@@H]3CC[C@@H]4CCCC[C@]4(C)[C@H]3CC[C@]12C. The molecule has 0 unspecified atom stereocenters. The molecule has 0 amide bonds. The van der Waals surface area contributed by atoms with Crippen LogP contribution in [-0.2, 0) is 0 Å². The second kappa shape index (κ2) is 4.49. The van der Waals surface area contributed by atoms with Crippen LogP contribution in [0.15, 0.2) is 0 Å². The molecule has 0 aliphatic heterocycles. The fraction of sp³-hybridized carbons (Fsp3) is 1.00. The summed E-state index contributed by atoms with van der Waals surface area (Å²) in [4.78, 5) is 0. The zero-order valence-electron chi connectivity index (χ0n) is 14.3. The Hall–Kier alpha value is -0.0400. The van der Waals surface area contributed by atoms with Gasteiger partial charge in [-0.05, 0) is 85.9 Å². The molecule has 0 radical (unpaired) electrons. The van der Waals surface area contributed by atoms with Gasteiger partial charge in [-0.15, -0.1) is 0 Å². The van der Waals surface area contributed by atoms with Crippen molar-refractivity contribution in [1.82, 2.24) is 0 Å². The van der Waals surface area contributed by atoms with Gasteiger partial charge in [0.2, 0.25) is 0 Å². The highest BCUT2D eigenvalue weighted by Crippen LogP contribution is 2.68. The van der Waals surface area contributed by atoms with E-state index < -0.39 is 0 Å². The number of hydrogen-bond donors (Lipinski definition) is 1. The van der Waals surface area contributed by atoms with E-state index in [0.717, 1.165) is 18.3 Å². The lowest BCUT2D eigenvalue weighted by Gasteiger charge is -2.63. The maximum absolute atomic E-state index is 11.7. The molecule has 120 valence electrons. The Morgan fingerprint density at radius 1 is 0.810 bits per heavy atom. The zero-order valence-corrected chi connectivity index (χ0v) is 14.3. The van der Waals surface area contributed by atoms with E-state index in [1.54, 1.807) is 0 Å². The maximum Gasteiger partial charge on any atom is 0.0734 e. The molecule has 4 fully saturated rings. The van der Waals surface area contributed by atoms with Gasteiger partial charge in [-0.25, -0.2) is 0 Å². The molecular formula is C20H34O. The second-order valence-corrected chi connectivity index (χ2v) is 9.56. The lowest BCUT2D eigenvalue weighted by atomic mass is 9.43. The summed E-state index contributed by atoms with van der Waals surface area (Å²) in [5.74, 6) is 3.07. The minimum Gasteiger partial charge on any atom is -0.389 e. The molecule has 4 saturated carbocycles. The first-order chi connectivity index (χ1) is 9.92. The van der Waals surface area contributed by atoms with Gasteiger partial charge in [0, 0.05) is 0 Å². The first kappa shape index (κ1) is 14.5. The molecule has 0 bridgehead atoms. The van der Waals surface area contributed by atoms with Gasteiger partial charge >= 0.3 is 0 Å². The van der Waals surface area contributed by atoms with Crippen molar-refractivity contribution in [3.05, 3.63) is 0 Å². The predicted molar refractivity (Wildman–Crippen MR) is 87.0 cm³/mol. The van der Waals surface area contributed by atoms with Crippen LogP contribution in [0.5, 0.6) is 0 Å². The molecular weight excluding hydrogens is 256 g/mol. The van der Waals surface area contributed by atoms with Gasteiger partial charge in [0.1, 0.15) is 0 Å². The van der Waals surface area contributed by atoms with E-state index in [1.165, 1.54) is 57.8 Å². The molecule has 0 aromatic carbocycles.